The van der Waals surface area contributed by atoms with E-state index in [0.29, 0.717) is 0 Å². The van der Waals surface area contributed by atoms with Gasteiger partial charge in [-0.15, -0.1) is 0 Å². The van der Waals surface area contributed by atoms with Crippen LogP contribution in [-0.4, -0.2) is 13.1 Å². The second-order valence-electron chi connectivity index (χ2n) is 3.87. The lowest BCUT2D eigenvalue weighted by Crippen LogP contribution is -1.83. The molecule has 0 N–H and O–H groups in total. The van der Waals surface area contributed by atoms with E-state index < -0.39 is 0 Å². The zero-order valence-electron chi connectivity index (χ0n) is 9.35. The summed E-state index contributed by atoms with van der Waals surface area (Å²) < 4.78 is 0. The van der Waals surface area contributed by atoms with E-state index in [-0.39, 0.29) is 0 Å². The van der Waals surface area contributed by atoms with Gasteiger partial charge in [-0.05, 0) is 34.7 Å². The van der Waals surface area contributed by atoms with Gasteiger partial charge in [0.25, 0.3) is 0 Å². The number of benzene rings is 2. The monoisotopic (exact) mass is 224 g/mol. The van der Waals surface area contributed by atoms with Gasteiger partial charge in [0.15, 0.2) is 0 Å². The number of fused-ring (bicyclic) bond motifs is 3. The molecule has 17 heavy (non-hydrogen) atoms. The molecule has 1 aliphatic rings. The molecule has 2 heteroatoms. The second-order valence-corrected chi connectivity index (χ2v) is 3.87. The highest BCUT2D eigenvalue weighted by Gasteiger charge is 2.17. The quantitative estimate of drug-likeness (QED) is 0.595. The maximum absolute atomic E-state index is 10.7. The van der Waals surface area contributed by atoms with E-state index in [1.807, 2.05) is 25.0 Å². The molecule has 0 radical (unpaired) electrons. The Kier molecular flexibility index (Phi) is 3.15. The predicted molar refractivity (Wildman–Crippen MR) is 67.2 cm³/mol. The molecular weight excluding hydrogens is 212 g/mol. The molecule has 0 saturated carbocycles. The number of aldehydes is 1. The summed E-state index contributed by atoms with van der Waals surface area (Å²) in [5, 5.41) is 0. The summed E-state index contributed by atoms with van der Waals surface area (Å²) in [7, 11) is 0. The number of carbonyl (C=O) groups excluding carboxylic acids is 2. The minimum Gasteiger partial charge on any atom is -0.307 e. The van der Waals surface area contributed by atoms with E-state index >= 15 is 0 Å². The predicted octanol–water partition coefficient (Wildman–Crippen LogP) is 2.89. The molecule has 0 heterocycles. The SMILES string of the molecule is C=O.O=Cc1ccc2c(c1)-c1ccccc1C2. The smallest absolute Gasteiger partial charge is 0.150 e. The van der Waals surface area contributed by atoms with Gasteiger partial charge in [0, 0.05) is 5.56 Å². The number of hydrogen-bond donors (Lipinski definition) is 0. The van der Waals surface area contributed by atoms with Crippen LogP contribution in [0.1, 0.15) is 21.5 Å². The van der Waals surface area contributed by atoms with Crippen molar-refractivity contribution in [1.29, 1.82) is 0 Å². The summed E-state index contributed by atoms with van der Waals surface area (Å²) >= 11 is 0. The summed E-state index contributed by atoms with van der Waals surface area (Å²) in [5.41, 5.74) is 5.93. The normalized spacial score (nSPS) is 10.8. The fraction of sp³-hybridized carbons (Fsp3) is 0.0667. The standard InChI is InChI=1S/C14H10O.CH2O/c15-9-10-5-6-12-8-11-3-1-2-4-13(11)14(12)7-10;1-2/h1-7,9H,8H2;1H2. The summed E-state index contributed by atoms with van der Waals surface area (Å²) in [5.74, 6) is 0. The Labute approximate surface area is 99.9 Å². The lowest BCUT2D eigenvalue weighted by Gasteiger charge is -2.00. The lowest BCUT2D eigenvalue weighted by atomic mass is 10.0. The molecule has 0 spiro atoms. The Morgan fingerprint density at radius 3 is 2.41 bits per heavy atom. The van der Waals surface area contributed by atoms with Crippen LogP contribution >= 0.6 is 0 Å². The molecule has 2 aromatic rings. The van der Waals surface area contributed by atoms with Crippen LogP contribution in [0.4, 0.5) is 0 Å². The Morgan fingerprint density at radius 1 is 0.941 bits per heavy atom. The molecule has 0 bridgehead atoms. The van der Waals surface area contributed by atoms with Crippen LogP contribution in [0, 0.1) is 0 Å². The van der Waals surface area contributed by atoms with E-state index in [4.69, 9.17) is 4.79 Å². The minimum atomic E-state index is 0.755. The average Bonchev–Trinajstić information content (AvgIpc) is 2.78. The molecule has 0 aromatic heterocycles. The molecule has 2 nitrogen and oxygen atoms in total. The molecule has 0 atom stereocenters. The zero-order valence-corrected chi connectivity index (χ0v) is 9.35. The van der Waals surface area contributed by atoms with Crippen LogP contribution < -0.4 is 0 Å². The van der Waals surface area contributed by atoms with E-state index in [9.17, 15) is 4.79 Å². The van der Waals surface area contributed by atoms with Gasteiger partial charge in [0.05, 0.1) is 0 Å². The van der Waals surface area contributed by atoms with Gasteiger partial charge < -0.3 is 4.79 Å². The fourth-order valence-electron chi connectivity index (χ4n) is 2.21. The van der Waals surface area contributed by atoms with Crippen molar-refractivity contribution in [2.24, 2.45) is 0 Å². The number of carbonyl (C=O) groups is 2. The Bertz CT molecular complexity index is 559. The van der Waals surface area contributed by atoms with Crippen molar-refractivity contribution in [3.05, 3.63) is 59.2 Å². The molecule has 0 amide bonds. The summed E-state index contributed by atoms with van der Waals surface area (Å²) in [6, 6.07) is 14.3. The van der Waals surface area contributed by atoms with Crippen LogP contribution in [0.3, 0.4) is 0 Å². The van der Waals surface area contributed by atoms with Gasteiger partial charge in [-0.1, -0.05) is 36.4 Å². The van der Waals surface area contributed by atoms with Crippen molar-refractivity contribution in [1.82, 2.24) is 0 Å². The maximum Gasteiger partial charge on any atom is 0.150 e. The zero-order chi connectivity index (χ0) is 12.3. The average molecular weight is 224 g/mol. The van der Waals surface area contributed by atoms with Gasteiger partial charge in [-0.25, -0.2) is 0 Å². The minimum absolute atomic E-state index is 0.755. The van der Waals surface area contributed by atoms with Crippen LogP contribution in [-0.2, 0) is 11.2 Å². The highest BCUT2D eigenvalue weighted by molar-refractivity contribution is 5.83. The topological polar surface area (TPSA) is 34.1 Å². The molecular formula is C15H12O2. The third kappa shape index (κ3) is 1.89. The highest BCUT2D eigenvalue weighted by atomic mass is 16.1. The Hall–Kier alpha value is -2.22. The summed E-state index contributed by atoms with van der Waals surface area (Å²) in [4.78, 5) is 18.7. The molecule has 0 saturated heterocycles. The van der Waals surface area contributed by atoms with Gasteiger partial charge in [-0.3, -0.25) is 4.79 Å². The lowest BCUT2D eigenvalue weighted by molar-refractivity contribution is -0.0979. The first kappa shape index (κ1) is 11.3. The second kappa shape index (κ2) is 4.74. The largest absolute Gasteiger partial charge is 0.307 e. The third-order valence-corrected chi connectivity index (χ3v) is 2.96. The Balaban J connectivity index is 0.000000514. The molecule has 1 aliphatic carbocycles. The van der Waals surface area contributed by atoms with E-state index in [0.717, 1.165) is 18.3 Å². The highest BCUT2D eigenvalue weighted by Crippen LogP contribution is 2.36. The van der Waals surface area contributed by atoms with Gasteiger partial charge >= 0.3 is 0 Å². The fourth-order valence-corrected chi connectivity index (χ4v) is 2.21. The summed E-state index contributed by atoms with van der Waals surface area (Å²) in [6.07, 6.45) is 1.89. The van der Waals surface area contributed by atoms with Crippen LogP contribution in [0.15, 0.2) is 42.5 Å². The van der Waals surface area contributed by atoms with E-state index in [1.54, 1.807) is 0 Å². The third-order valence-electron chi connectivity index (χ3n) is 2.96. The van der Waals surface area contributed by atoms with Crippen molar-refractivity contribution in [2.45, 2.75) is 6.42 Å². The van der Waals surface area contributed by atoms with E-state index in [2.05, 4.69) is 24.3 Å². The molecule has 84 valence electrons. The van der Waals surface area contributed by atoms with Crippen molar-refractivity contribution in [3.8, 4) is 11.1 Å². The molecule has 0 aliphatic heterocycles. The van der Waals surface area contributed by atoms with Gasteiger partial charge in [-0.2, -0.15) is 0 Å². The first-order valence-electron chi connectivity index (χ1n) is 5.34. The van der Waals surface area contributed by atoms with Crippen LogP contribution in [0.2, 0.25) is 0 Å². The molecule has 0 fully saturated rings. The maximum atomic E-state index is 10.7. The first-order chi connectivity index (χ1) is 8.38. The molecule has 2 aromatic carbocycles. The molecule has 3 rings (SSSR count). The van der Waals surface area contributed by atoms with Crippen molar-refractivity contribution in [2.75, 3.05) is 0 Å². The number of rotatable bonds is 1. The molecule has 0 unspecified atom stereocenters. The van der Waals surface area contributed by atoms with Crippen molar-refractivity contribution >= 4 is 13.1 Å². The van der Waals surface area contributed by atoms with Crippen molar-refractivity contribution < 1.29 is 9.59 Å². The van der Waals surface area contributed by atoms with Crippen LogP contribution in [0.25, 0.3) is 11.1 Å². The van der Waals surface area contributed by atoms with E-state index in [1.165, 1.54) is 22.3 Å². The van der Waals surface area contributed by atoms with Gasteiger partial charge in [0.2, 0.25) is 0 Å². The summed E-state index contributed by atoms with van der Waals surface area (Å²) in [6.45, 7) is 2.00. The van der Waals surface area contributed by atoms with Crippen molar-refractivity contribution in [3.63, 3.8) is 0 Å². The Morgan fingerprint density at radius 2 is 1.65 bits per heavy atom. The van der Waals surface area contributed by atoms with Crippen LogP contribution in [0.5, 0.6) is 0 Å². The first-order valence-corrected chi connectivity index (χ1v) is 5.34. The van der Waals surface area contributed by atoms with Gasteiger partial charge in [0.1, 0.15) is 13.1 Å². The number of hydrogen-bond acceptors (Lipinski definition) is 2.